The number of carboxylic acid groups (broad SMARTS) is 1. The van der Waals surface area contributed by atoms with Crippen molar-refractivity contribution in [1.29, 1.82) is 0 Å². The van der Waals surface area contributed by atoms with E-state index in [9.17, 15) is 4.79 Å². The average molecular weight is 272 g/mol. The summed E-state index contributed by atoms with van der Waals surface area (Å²) < 4.78 is 0. The maximum absolute atomic E-state index is 11.0. The van der Waals surface area contributed by atoms with Gasteiger partial charge in [0.05, 0.1) is 0 Å². The van der Waals surface area contributed by atoms with Crippen LogP contribution in [-0.2, 0) is 4.79 Å². The Morgan fingerprint density at radius 2 is 1.63 bits per heavy atom. The number of hydrogen-bond acceptors (Lipinski definition) is 3. The van der Waals surface area contributed by atoms with Gasteiger partial charge in [-0.3, -0.25) is 4.79 Å². The molecule has 0 fully saturated rings. The molecule has 4 heteroatoms. The highest BCUT2D eigenvalue weighted by molar-refractivity contribution is 5.73. The molecule has 0 bridgehead atoms. The van der Waals surface area contributed by atoms with Gasteiger partial charge >= 0.3 is 5.97 Å². The van der Waals surface area contributed by atoms with Crippen LogP contribution in [0.5, 0.6) is 0 Å². The first-order valence-electron chi connectivity index (χ1n) is 7.88. The molecular weight excluding hydrogens is 240 g/mol. The fourth-order valence-electron chi connectivity index (χ4n) is 2.17. The zero-order valence-electron chi connectivity index (χ0n) is 12.5. The van der Waals surface area contributed by atoms with E-state index >= 15 is 0 Å². The normalized spacial score (nSPS) is 12.5. The van der Waals surface area contributed by atoms with Crippen LogP contribution in [0.2, 0.25) is 0 Å². The third kappa shape index (κ3) is 12.2. The van der Waals surface area contributed by atoms with E-state index < -0.39 is 12.0 Å². The minimum Gasteiger partial charge on any atom is -0.480 e. The first-order valence-corrected chi connectivity index (χ1v) is 7.88. The van der Waals surface area contributed by atoms with Gasteiger partial charge in [0.2, 0.25) is 0 Å². The number of carboxylic acids is 1. The van der Waals surface area contributed by atoms with Gasteiger partial charge in [-0.15, -0.1) is 0 Å². The number of nitrogens with two attached hydrogens (primary N) is 1. The van der Waals surface area contributed by atoms with E-state index in [2.05, 4.69) is 12.2 Å². The van der Waals surface area contributed by atoms with Crippen LogP contribution in [0.4, 0.5) is 0 Å². The van der Waals surface area contributed by atoms with Crippen LogP contribution in [0, 0.1) is 0 Å². The Hall–Kier alpha value is -0.610. The van der Waals surface area contributed by atoms with Crippen molar-refractivity contribution in [3.63, 3.8) is 0 Å². The molecular formula is C15H32N2O2. The van der Waals surface area contributed by atoms with Crippen LogP contribution in [0.15, 0.2) is 0 Å². The Morgan fingerprint density at radius 3 is 2.16 bits per heavy atom. The van der Waals surface area contributed by atoms with Gasteiger partial charge in [0.25, 0.3) is 0 Å². The van der Waals surface area contributed by atoms with Gasteiger partial charge in [0.15, 0.2) is 0 Å². The zero-order chi connectivity index (χ0) is 14.3. The van der Waals surface area contributed by atoms with Crippen molar-refractivity contribution in [3.8, 4) is 0 Å². The number of unbranched alkanes of at least 4 members (excludes halogenated alkanes) is 7. The lowest BCUT2D eigenvalue weighted by molar-refractivity contribution is -0.139. The molecule has 0 amide bonds. The molecule has 0 rings (SSSR count). The molecule has 0 saturated carbocycles. The Bertz CT molecular complexity index is 210. The van der Waals surface area contributed by atoms with E-state index in [1.165, 1.54) is 44.9 Å². The van der Waals surface area contributed by atoms with E-state index in [0.29, 0.717) is 13.0 Å². The minimum absolute atomic E-state index is 0.423. The van der Waals surface area contributed by atoms with Crippen LogP contribution in [0.3, 0.4) is 0 Å². The predicted octanol–water partition coefficient (Wildman–Crippen LogP) is 2.91. The highest BCUT2D eigenvalue weighted by Gasteiger charge is 2.14. The Balaban J connectivity index is 3.37. The third-order valence-electron chi connectivity index (χ3n) is 3.42. The molecule has 0 spiro atoms. The Labute approximate surface area is 118 Å². The standard InChI is InChI=1S/C15H32N2O2/c1-2-3-4-5-6-7-8-9-13-17-14(15(18)19)11-10-12-16/h14,17H,2-13,16H2,1H3,(H,18,19)/t14-/m0/s1. The molecule has 0 unspecified atom stereocenters. The van der Waals surface area contributed by atoms with Crippen LogP contribution < -0.4 is 11.1 Å². The quantitative estimate of drug-likeness (QED) is 0.425. The van der Waals surface area contributed by atoms with Gasteiger partial charge in [-0.1, -0.05) is 51.9 Å². The van der Waals surface area contributed by atoms with Gasteiger partial charge in [0, 0.05) is 0 Å². The highest BCUT2D eigenvalue weighted by atomic mass is 16.4. The van der Waals surface area contributed by atoms with Gasteiger partial charge < -0.3 is 16.2 Å². The van der Waals surface area contributed by atoms with Crippen LogP contribution in [-0.4, -0.2) is 30.2 Å². The summed E-state index contributed by atoms with van der Waals surface area (Å²) in [5.74, 6) is -0.756. The van der Waals surface area contributed by atoms with Gasteiger partial charge in [0.1, 0.15) is 6.04 Å². The number of nitrogens with one attached hydrogen (secondary N) is 1. The van der Waals surface area contributed by atoms with E-state index in [4.69, 9.17) is 10.8 Å². The fourth-order valence-corrected chi connectivity index (χ4v) is 2.17. The predicted molar refractivity (Wildman–Crippen MR) is 80.3 cm³/mol. The zero-order valence-corrected chi connectivity index (χ0v) is 12.5. The second-order valence-corrected chi connectivity index (χ2v) is 5.25. The van der Waals surface area contributed by atoms with E-state index in [-0.39, 0.29) is 0 Å². The lowest BCUT2D eigenvalue weighted by Gasteiger charge is -2.13. The molecule has 0 aliphatic carbocycles. The second kappa shape index (κ2) is 13.8. The third-order valence-corrected chi connectivity index (χ3v) is 3.42. The largest absolute Gasteiger partial charge is 0.480 e. The van der Waals surface area contributed by atoms with Crippen molar-refractivity contribution in [3.05, 3.63) is 0 Å². The Kier molecular flexibility index (Phi) is 13.4. The number of rotatable bonds is 14. The molecule has 0 saturated heterocycles. The van der Waals surface area contributed by atoms with Gasteiger partial charge in [-0.25, -0.2) is 0 Å². The topological polar surface area (TPSA) is 75.3 Å². The van der Waals surface area contributed by atoms with E-state index in [1.54, 1.807) is 0 Å². The summed E-state index contributed by atoms with van der Waals surface area (Å²) in [7, 11) is 0. The molecule has 19 heavy (non-hydrogen) atoms. The molecule has 114 valence electrons. The van der Waals surface area contributed by atoms with Crippen LogP contribution >= 0.6 is 0 Å². The van der Waals surface area contributed by atoms with Crippen LogP contribution in [0.25, 0.3) is 0 Å². The van der Waals surface area contributed by atoms with Crippen molar-refractivity contribution in [2.75, 3.05) is 13.1 Å². The van der Waals surface area contributed by atoms with E-state index in [1.807, 2.05) is 0 Å². The molecule has 4 nitrogen and oxygen atoms in total. The van der Waals surface area contributed by atoms with Crippen molar-refractivity contribution < 1.29 is 9.90 Å². The molecule has 0 aromatic heterocycles. The highest BCUT2D eigenvalue weighted by Crippen LogP contribution is 2.08. The molecule has 0 aromatic carbocycles. The maximum atomic E-state index is 11.0. The Morgan fingerprint density at radius 1 is 1.05 bits per heavy atom. The summed E-state index contributed by atoms with van der Waals surface area (Å²) in [5, 5.41) is 12.1. The van der Waals surface area contributed by atoms with Crippen molar-refractivity contribution >= 4 is 5.97 Å². The van der Waals surface area contributed by atoms with Gasteiger partial charge in [-0.05, 0) is 32.4 Å². The fraction of sp³-hybridized carbons (Fsp3) is 0.933. The van der Waals surface area contributed by atoms with Crippen molar-refractivity contribution in [2.24, 2.45) is 5.73 Å². The number of carbonyl (C=O) groups is 1. The molecule has 1 atom stereocenters. The molecule has 0 aliphatic heterocycles. The van der Waals surface area contributed by atoms with Crippen molar-refractivity contribution in [2.45, 2.75) is 77.2 Å². The first kappa shape index (κ1) is 18.4. The summed E-state index contributed by atoms with van der Waals surface area (Å²) in [6.45, 7) is 3.59. The van der Waals surface area contributed by atoms with Gasteiger partial charge in [-0.2, -0.15) is 0 Å². The second-order valence-electron chi connectivity index (χ2n) is 5.25. The maximum Gasteiger partial charge on any atom is 0.320 e. The lowest BCUT2D eigenvalue weighted by Crippen LogP contribution is -2.37. The van der Waals surface area contributed by atoms with Crippen molar-refractivity contribution in [1.82, 2.24) is 5.32 Å². The minimum atomic E-state index is -0.756. The monoisotopic (exact) mass is 272 g/mol. The summed E-state index contributed by atoms with van der Waals surface area (Å²) in [6.07, 6.45) is 11.6. The molecule has 0 aromatic rings. The average Bonchev–Trinajstić information content (AvgIpc) is 2.39. The summed E-state index contributed by atoms with van der Waals surface area (Å²) in [6, 6.07) is -0.423. The summed E-state index contributed by atoms with van der Waals surface area (Å²) >= 11 is 0. The molecule has 0 radical (unpaired) electrons. The smallest absolute Gasteiger partial charge is 0.320 e. The van der Waals surface area contributed by atoms with E-state index in [0.717, 1.165) is 19.4 Å². The summed E-state index contributed by atoms with van der Waals surface area (Å²) in [4.78, 5) is 11.0. The number of aliphatic carboxylic acids is 1. The van der Waals surface area contributed by atoms with Crippen LogP contribution in [0.1, 0.15) is 71.1 Å². The SMILES string of the molecule is CCCCCCCCCCN[C@@H](CCCN)C(=O)O. The summed E-state index contributed by atoms with van der Waals surface area (Å²) in [5.41, 5.74) is 5.40. The lowest BCUT2D eigenvalue weighted by atomic mass is 10.1. The number of hydrogen-bond donors (Lipinski definition) is 3. The molecule has 0 aliphatic rings. The molecule has 0 heterocycles. The first-order chi connectivity index (χ1) is 9.22. The molecule has 4 N–H and O–H groups in total.